The standard InChI is InChI=1S/C27H27Cl2N3O5/c1-17(37-23-13-12-20(28)15-21(23)29)26(33)31-22(14-18-8-5-4-6-9-18)27(34)32-30-16-19-10-7-11-24(35-2)25(19)36-3/h4-13,15-17,22H,14H2,1-3H3,(H,31,33)(H,32,34)/b30-16-/t17-,22-/m0/s1. The number of benzene rings is 3. The number of halogens is 2. The fraction of sp³-hybridized carbons (Fsp3) is 0.222. The lowest BCUT2D eigenvalue weighted by molar-refractivity contribution is -0.132. The van der Waals surface area contributed by atoms with E-state index in [9.17, 15) is 9.59 Å². The van der Waals surface area contributed by atoms with Crippen molar-refractivity contribution in [1.82, 2.24) is 10.7 Å². The molecule has 0 bridgehead atoms. The predicted octanol–water partition coefficient (Wildman–Crippen LogP) is 4.66. The minimum Gasteiger partial charge on any atom is -0.493 e. The van der Waals surface area contributed by atoms with Gasteiger partial charge < -0.3 is 19.5 Å². The lowest BCUT2D eigenvalue weighted by Gasteiger charge is -2.21. The fourth-order valence-corrected chi connectivity index (χ4v) is 3.87. The predicted molar refractivity (Wildman–Crippen MR) is 144 cm³/mol. The Hall–Kier alpha value is -3.75. The fourth-order valence-electron chi connectivity index (χ4n) is 3.42. The molecule has 0 spiro atoms. The summed E-state index contributed by atoms with van der Waals surface area (Å²) in [5.74, 6) is 0.299. The molecule has 0 unspecified atom stereocenters. The Morgan fingerprint density at radius 3 is 2.38 bits per heavy atom. The van der Waals surface area contributed by atoms with Gasteiger partial charge in [0.05, 0.1) is 25.5 Å². The molecule has 10 heteroatoms. The third kappa shape index (κ3) is 7.87. The summed E-state index contributed by atoms with van der Waals surface area (Å²) in [5.41, 5.74) is 3.95. The van der Waals surface area contributed by atoms with E-state index in [1.165, 1.54) is 26.5 Å². The van der Waals surface area contributed by atoms with Gasteiger partial charge in [-0.25, -0.2) is 5.43 Å². The number of rotatable bonds is 11. The van der Waals surface area contributed by atoms with Crippen molar-refractivity contribution in [1.29, 1.82) is 0 Å². The van der Waals surface area contributed by atoms with Crippen LogP contribution in [0, 0.1) is 0 Å². The van der Waals surface area contributed by atoms with Crippen LogP contribution in [0.1, 0.15) is 18.1 Å². The average molecular weight is 544 g/mol. The molecule has 2 amide bonds. The molecule has 8 nitrogen and oxygen atoms in total. The van der Waals surface area contributed by atoms with Gasteiger partial charge in [-0.2, -0.15) is 5.10 Å². The van der Waals surface area contributed by atoms with Crippen LogP contribution >= 0.6 is 23.2 Å². The van der Waals surface area contributed by atoms with Gasteiger partial charge in [-0.1, -0.05) is 59.6 Å². The average Bonchev–Trinajstić information content (AvgIpc) is 2.90. The van der Waals surface area contributed by atoms with Crippen molar-refractivity contribution in [2.45, 2.75) is 25.5 Å². The van der Waals surface area contributed by atoms with Crippen LogP contribution in [0.3, 0.4) is 0 Å². The van der Waals surface area contributed by atoms with E-state index in [1.54, 1.807) is 37.3 Å². The van der Waals surface area contributed by atoms with E-state index in [0.29, 0.717) is 27.8 Å². The number of carbonyl (C=O) groups is 2. The molecule has 2 atom stereocenters. The van der Waals surface area contributed by atoms with Crippen LogP contribution in [0.15, 0.2) is 71.8 Å². The number of carbonyl (C=O) groups excluding carboxylic acids is 2. The van der Waals surface area contributed by atoms with E-state index in [2.05, 4.69) is 15.8 Å². The monoisotopic (exact) mass is 543 g/mol. The molecular weight excluding hydrogens is 517 g/mol. The van der Waals surface area contributed by atoms with Crippen LogP contribution in [-0.2, 0) is 16.0 Å². The number of methoxy groups -OCH3 is 2. The molecule has 2 N–H and O–H groups in total. The second-order valence-electron chi connectivity index (χ2n) is 7.90. The van der Waals surface area contributed by atoms with Crippen molar-refractivity contribution < 1.29 is 23.8 Å². The Morgan fingerprint density at radius 2 is 1.70 bits per heavy atom. The van der Waals surface area contributed by atoms with Gasteiger partial charge in [0.1, 0.15) is 11.8 Å². The first-order valence-electron chi connectivity index (χ1n) is 11.3. The van der Waals surface area contributed by atoms with Gasteiger partial charge in [-0.3, -0.25) is 9.59 Å². The third-order valence-electron chi connectivity index (χ3n) is 5.29. The molecule has 194 valence electrons. The zero-order chi connectivity index (χ0) is 26.8. The summed E-state index contributed by atoms with van der Waals surface area (Å²) < 4.78 is 16.3. The normalized spacial score (nSPS) is 12.5. The van der Waals surface area contributed by atoms with Crippen LogP contribution in [0.25, 0.3) is 0 Å². The summed E-state index contributed by atoms with van der Waals surface area (Å²) in [6.45, 7) is 1.56. The minimum absolute atomic E-state index is 0.241. The summed E-state index contributed by atoms with van der Waals surface area (Å²) in [4.78, 5) is 26.0. The number of hydrogen-bond donors (Lipinski definition) is 2. The van der Waals surface area contributed by atoms with Gasteiger partial charge in [-0.05, 0) is 42.8 Å². The van der Waals surface area contributed by atoms with Crippen LogP contribution < -0.4 is 25.0 Å². The maximum atomic E-state index is 13.1. The number of hydrazone groups is 1. The topological polar surface area (TPSA) is 98.2 Å². The first-order valence-corrected chi connectivity index (χ1v) is 12.1. The van der Waals surface area contributed by atoms with E-state index < -0.39 is 24.0 Å². The number of hydrogen-bond acceptors (Lipinski definition) is 6. The maximum absolute atomic E-state index is 13.1. The first kappa shape index (κ1) is 27.8. The van der Waals surface area contributed by atoms with E-state index in [-0.39, 0.29) is 11.4 Å². The van der Waals surface area contributed by atoms with E-state index in [1.807, 2.05) is 30.3 Å². The number of nitrogens with zero attached hydrogens (tertiary/aromatic N) is 1. The van der Waals surface area contributed by atoms with Crippen LogP contribution in [0.2, 0.25) is 10.0 Å². The third-order valence-corrected chi connectivity index (χ3v) is 5.82. The zero-order valence-electron chi connectivity index (χ0n) is 20.5. The molecule has 0 fully saturated rings. The van der Waals surface area contributed by atoms with Crippen LogP contribution in [0.4, 0.5) is 0 Å². The highest BCUT2D eigenvalue weighted by Gasteiger charge is 2.25. The summed E-state index contributed by atoms with van der Waals surface area (Å²) in [6.07, 6.45) is 0.744. The SMILES string of the molecule is COc1cccc(/C=N\NC(=O)[C@H](Cc2ccccc2)NC(=O)[C@H](C)Oc2ccc(Cl)cc2Cl)c1OC. The van der Waals surface area contributed by atoms with Crippen LogP contribution in [0.5, 0.6) is 17.2 Å². The number of nitrogens with one attached hydrogen (secondary N) is 2. The highest BCUT2D eigenvalue weighted by Crippen LogP contribution is 2.29. The lowest BCUT2D eigenvalue weighted by atomic mass is 10.1. The maximum Gasteiger partial charge on any atom is 0.262 e. The molecule has 37 heavy (non-hydrogen) atoms. The number of amides is 2. The highest BCUT2D eigenvalue weighted by atomic mass is 35.5. The van der Waals surface area contributed by atoms with Gasteiger partial charge in [0, 0.05) is 17.0 Å². The summed E-state index contributed by atoms with van der Waals surface area (Å²) in [5, 5.41) is 7.51. The second-order valence-corrected chi connectivity index (χ2v) is 8.75. The van der Waals surface area contributed by atoms with Gasteiger partial charge in [0.15, 0.2) is 17.6 Å². The van der Waals surface area contributed by atoms with Gasteiger partial charge >= 0.3 is 0 Å². The largest absolute Gasteiger partial charge is 0.493 e. The summed E-state index contributed by atoms with van der Waals surface area (Å²) in [6, 6.07) is 18.4. The molecule has 0 aliphatic carbocycles. The van der Waals surface area contributed by atoms with E-state index in [4.69, 9.17) is 37.4 Å². The Bertz CT molecular complexity index is 1250. The van der Waals surface area contributed by atoms with Gasteiger partial charge in [0.25, 0.3) is 11.8 Å². The zero-order valence-corrected chi connectivity index (χ0v) is 22.0. The van der Waals surface area contributed by atoms with Crippen LogP contribution in [-0.4, -0.2) is 44.4 Å². The first-order chi connectivity index (χ1) is 17.8. The smallest absolute Gasteiger partial charge is 0.262 e. The lowest BCUT2D eigenvalue weighted by Crippen LogP contribution is -2.50. The van der Waals surface area contributed by atoms with Crippen molar-refractivity contribution >= 4 is 41.2 Å². The molecule has 0 aliphatic rings. The molecule has 0 radical (unpaired) electrons. The quantitative estimate of drug-likeness (QED) is 0.271. The minimum atomic E-state index is -0.936. The highest BCUT2D eigenvalue weighted by molar-refractivity contribution is 6.35. The molecule has 3 aromatic carbocycles. The number of para-hydroxylation sites is 1. The Balaban J connectivity index is 1.72. The molecule has 3 aromatic rings. The molecule has 0 aliphatic heterocycles. The van der Waals surface area contributed by atoms with E-state index >= 15 is 0 Å². The van der Waals surface area contributed by atoms with Crippen molar-refractivity contribution in [2.24, 2.45) is 5.10 Å². The van der Waals surface area contributed by atoms with Gasteiger partial charge in [0.2, 0.25) is 0 Å². The molecule has 0 saturated heterocycles. The Kier molecular flexibility index (Phi) is 10.2. The summed E-state index contributed by atoms with van der Waals surface area (Å²) in [7, 11) is 3.04. The van der Waals surface area contributed by atoms with Gasteiger partial charge in [-0.15, -0.1) is 0 Å². The van der Waals surface area contributed by atoms with Crippen molar-refractivity contribution in [3.05, 3.63) is 87.9 Å². The Labute approximate surface area is 225 Å². The van der Waals surface area contributed by atoms with Crippen molar-refractivity contribution in [3.63, 3.8) is 0 Å². The molecular formula is C27H27Cl2N3O5. The van der Waals surface area contributed by atoms with E-state index in [0.717, 1.165) is 5.56 Å². The molecule has 0 heterocycles. The number of ether oxygens (including phenoxy) is 3. The van der Waals surface area contributed by atoms with Crippen molar-refractivity contribution in [3.8, 4) is 17.2 Å². The van der Waals surface area contributed by atoms with Crippen molar-refractivity contribution in [2.75, 3.05) is 14.2 Å². The molecule has 0 saturated carbocycles. The molecule has 3 rings (SSSR count). The summed E-state index contributed by atoms with van der Waals surface area (Å²) >= 11 is 12.1. The Morgan fingerprint density at radius 1 is 0.946 bits per heavy atom. The molecule has 0 aromatic heterocycles. The second kappa shape index (κ2) is 13.5.